The van der Waals surface area contributed by atoms with Crippen LogP contribution < -0.4 is 5.32 Å². The number of carbonyl (C=O) groups is 2. The van der Waals surface area contributed by atoms with Gasteiger partial charge in [-0.3, -0.25) is 9.59 Å². The summed E-state index contributed by atoms with van der Waals surface area (Å²) >= 11 is 1.31. The Labute approximate surface area is 155 Å². The number of ketones is 1. The maximum atomic E-state index is 12.6. The number of amides is 1. The molecule has 1 aromatic heterocycles. The molecule has 2 heterocycles. The summed E-state index contributed by atoms with van der Waals surface area (Å²) in [6.07, 6.45) is 3.44. The van der Waals surface area contributed by atoms with E-state index >= 15 is 0 Å². The van der Waals surface area contributed by atoms with E-state index in [0.29, 0.717) is 11.3 Å². The molecule has 0 bridgehead atoms. The van der Waals surface area contributed by atoms with Crippen LogP contribution >= 0.6 is 11.3 Å². The number of oxime groups is 1. The van der Waals surface area contributed by atoms with Gasteiger partial charge in [0.15, 0.2) is 5.71 Å². The SMILES string of the molecule is CC(=O)C[C@H]1C=CC[C@H](NC(=O)/C(=N/OCCO)c2cccs2)B(O)O1. The van der Waals surface area contributed by atoms with Gasteiger partial charge < -0.3 is 24.9 Å². The van der Waals surface area contributed by atoms with E-state index in [0.717, 1.165) is 0 Å². The lowest BCUT2D eigenvalue weighted by Crippen LogP contribution is -2.50. The van der Waals surface area contributed by atoms with Gasteiger partial charge in [0, 0.05) is 6.42 Å². The number of nitrogens with one attached hydrogen (secondary N) is 1. The average Bonchev–Trinajstić information content (AvgIpc) is 3.05. The van der Waals surface area contributed by atoms with Crippen LogP contribution in [0.25, 0.3) is 0 Å². The van der Waals surface area contributed by atoms with Crippen molar-refractivity contribution >= 4 is 35.9 Å². The Bertz CT molecular complexity index is 664. The first-order valence-electron chi connectivity index (χ1n) is 8.16. The highest BCUT2D eigenvalue weighted by Crippen LogP contribution is 2.14. The number of thiophene rings is 1. The number of nitrogens with zero attached hydrogens (tertiary/aromatic N) is 1. The third kappa shape index (κ3) is 6.06. The highest BCUT2D eigenvalue weighted by molar-refractivity contribution is 7.13. The Morgan fingerprint density at radius 1 is 1.54 bits per heavy atom. The van der Waals surface area contributed by atoms with Crippen molar-refractivity contribution in [3.8, 4) is 0 Å². The molecule has 26 heavy (non-hydrogen) atoms. The molecule has 0 saturated heterocycles. The monoisotopic (exact) mass is 380 g/mol. The van der Waals surface area contributed by atoms with Gasteiger partial charge in [-0.15, -0.1) is 11.3 Å². The van der Waals surface area contributed by atoms with Crippen molar-refractivity contribution in [1.29, 1.82) is 0 Å². The van der Waals surface area contributed by atoms with E-state index < -0.39 is 25.1 Å². The Kier molecular flexibility index (Phi) is 7.98. The number of hydrogen-bond acceptors (Lipinski definition) is 8. The third-order valence-electron chi connectivity index (χ3n) is 3.51. The second kappa shape index (κ2) is 10.2. The maximum absolute atomic E-state index is 12.6. The first-order chi connectivity index (χ1) is 12.5. The zero-order valence-electron chi connectivity index (χ0n) is 14.3. The van der Waals surface area contributed by atoms with Crippen LogP contribution in [0.5, 0.6) is 0 Å². The van der Waals surface area contributed by atoms with Crippen molar-refractivity contribution in [1.82, 2.24) is 5.32 Å². The molecule has 2 atom stereocenters. The fraction of sp³-hybridized carbons (Fsp3) is 0.438. The molecule has 0 spiro atoms. The van der Waals surface area contributed by atoms with Gasteiger partial charge in [0.1, 0.15) is 12.4 Å². The lowest BCUT2D eigenvalue weighted by atomic mass is 9.77. The van der Waals surface area contributed by atoms with E-state index in [9.17, 15) is 14.6 Å². The molecule has 1 amide bonds. The van der Waals surface area contributed by atoms with E-state index in [-0.39, 0.29) is 31.1 Å². The van der Waals surface area contributed by atoms with Gasteiger partial charge in [-0.1, -0.05) is 23.4 Å². The third-order valence-corrected chi connectivity index (χ3v) is 4.39. The zero-order chi connectivity index (χ0) is 18.9. The summed E-state index contributed by atoms with van der Waals surface area (Å²) in [4.78, 5) is 29.3. The first kappa shape index (κ1) is 20.3. The van der Waals surface area contributed by atoms with Crippen molar-refractivity contribution in [2.75, 3.05) is 13.2 Å². The number of carbonyl (C=O) groups excluding carboxylic acids is 2. The second-order valence-electron chi connectivity index (χ2n) is 5.69. The van der Waals surface area contributed by atoms with Crippen molar-refractivity contribution in [3.63, 3.8) is 0 Å². The predicted molar refractivity (Wildman–Crippen MR) is 97.7 cm³/mol. The van der Waals surface area contributed by atoms with Gasteiger partial charge in [-0.25, -0.2) is 0 Å². The summed E-state index contributed by atoms with van der Waals surface area (Å²) in [7, 11) is -1.26. The molecule has 1 aliphatic heterocycles. The molecular weight excluding hydrogens is 359 g/mol. The Morgan fingerprint density at radius 2 is 2.35 bits per heavy atom. The fourth-order valence-corrected chi connectivity index (χ4v) is 3.04. The van der Waals surface area contributed by atoms with E-state index in [1.807, 2.05) is 0 Å². The predicted octanol–water partition coefficient (Wildman–Crippen LogP) is 0.290. The van der Waals surface area contributed by atoms with Crippen molar-refractivity contribution in [3.05, 3.63) is 34.5 Å². The van der Waals surface area contributed by atoms with Crippen LogP contribution in [0, 0.1) is 0 Å². The minimum absolute atomic E-state index is 0.0349. The van der Waals surface area contributed by atoms with Gasteiger partial charge in [0.2, 0.25) is 0 Å². The number of rotatable bonds is 8. The van der Waals surface area contributed by atoms with E-state index in [1.165, 1.54) is 18.3 Å². The van der Waals surface area contributed by atoms with Crippen LogP contribution in [-0.4, -0.2) is 59.9 Å². The molecule has 3 N–H and O–H groups in total. The van der Waals surface area contributed by atoms with E-state index in [1.54, 1.807) is 29.7 Å². The lowest BCUT2D eigenvalue weighted by Gasteiger charge is -2.20. The Hall–Kier alpha value is -2.01. The van der Waals surface area contributed by atoms with Crippen LogP contribution in [-0.2, 0) is 19.1 Å². The van der Waals surface area contributed by atoms with Crippen molar-refractivity contribution in [2.45, 2.75) is 31.8 Å². The molecule has 140 valence electrons. The highest BCUT2D eigenvalue weighted by atomic mass is 32.1. The standard InChI is InChI=1S/C16H21BN2O6S/c1-11(21)10-12-4-2-6-14(17(23)25-12)18-16(22)15(19-24-8-7-20)13-5-3-9-26-13/h2-5,9,12,14,20,23H,6-8,10H2,1H3,(H,18,22)/b19-15+/t12-,14+/m1/s1. The molecule has 0 radical (unpaired) electrons. The van der Waals surface area contributed by atoms with Crippen LogP contribution in [0.1, 0.15) is 24.6 Å². The number of Topliss-reactive ketones (excluding diaryl/α,β-unsaturated/α-hetero) is 1. The quantitative estimate of drug-likeness (QED) is 0.196. The minimum atomic E-state index is -1.26. The topological polar surface area (TPSA) is 117 Å². The molecule has 0 unspecified atom stereocenters. The Morgan fingerprint density at radius 3 is 3.00 bits per heavy atom. The molecule has 0 fully saturated rings. The minimum Gasteiger partial charge on any atom is -0.426 e. The molecule has 8 nitrogen and oxygen atoms in total. The summed E-state index contributed by atoms with van der Waals surface area (Å²) in [6.45, 7) is 1.19. The summed E-state index contributed by atoms with van der Waals surface area (Å²) in [5, 5.41) is 27.3. The van der Waals surface area contributed by atoms with Gasteiger partial charge in [-0.05, 0) is 24.8 Å². The van der Waals surface area contributed by atoms with Crippen LogP contribution in [0.3, 0.4) is 0 Å². The van der Waals surface area contributed by atoms with Gasteiger partial charge in [0.05, 0.1) is 23.5 Å². The van der Waals surface area contributed by atoms with E-state index in [4.69, 9.17) is 14.6 Å². The smallest absolute Gasteiger partial charge is 0.426 e. The van der Waals surface area contributed by atoms with E-state index in [2.05, 4.69) is 10.5 Å². The lowest BCUT2D eigenvalue weighted by molar-refractivity contribution is -0.118. The Balaban J connectivity index is 2.05. The van der Waals surface area contributed by atoms with Gasteiger partial charge >= 0.3 is 7.12 Å². The average molecular weight is 380 g/mol. The van der Waals surface area contributed by atoms with Crippen molar-refractivity contribution in [2.24, 2.45) is 5.16 Å². The fourth-order valence-electron chi connectivity index (χ4n) is 2.34. The maximum Gasteiger partial charge on any atom is 0.478 e. The van der Waals surface area contributed by atoms with Crippen LogP contribution in [0.4, 0.5) is 0 Å². The molecule has 0 saturated carbocycles. The van der Waals surface area contributed by atoms with Crippen LogP contribution in [0.15, 0.2) is 34.8 Å². The summed E-state index contributed by atoms with van der Waals surface area (Å²) < 4.78 is 5.44. The summed E-state index contributed by atoms with van der Waals surface area (Å²) in [5.74, 6) is -1.28. The number of aliphatic hydroxyl groups excluding tert-OH is 1. The number of aliphatic hydroxyl groups is 1. The molecule has 10 heteroatoms. The first-order valence-corrected chi connectivity index (χ1v) is 9.04. The zero-order valence-corrected chi connectivity index (χ0v) is 15.1. The molecule has 1 aliphatic rings. The van der Waals surface area contributed by atoms with Gasteiger partial charge in [0.25, 0.3) is 5.91 Å². The highest BCUT2D eigenvalue weighted by Gasteiger charge is 2.33. The van der Waals surface area contributed by atoms with Gasteiger partial charge in [-0.2, -0.15) is 0 Å². The molecule has 2 rings (SSSR count). The normalized spacial score (nSPS) is 20.6. The molecule has 1 aromatic rings. The second-order valence-corrected chi connectivity index (χ2v) is 6.64. The largest absolute Gasteiger partial charge is 0.478 e. The molecule has 0 aromatic carbocycles. The number of hydrogen-bond donors (Lipinski definition) is 3. The summed E-state index contributed by atoms with van der Waals surface area (Å²) in [5.41, 5.74) is 0.0502. The molecular formula is C16H21BN2O6S. The van der Waals surface area contributed by atoms with Crippen LogP contribution in [0.2, 0.25) is 0 Å². The van der Waals surface area contributed by atoms with Crippen molar-refractivity contribution < 1.29 is 29.2 Å². The summed E-state index contributed by atoms with van der Waals surface area (Å²) in [6, 6.07) is 3.49. The molecule has 0 aliphatic carbocycles.